The molecule has 1 aliphatic rings. The number of rotatable bonds is 4. The average molecular weight is 294 g/mol. The summed E-state index contributed by atoms with van der Waals surface area (Å²) in [4.78, 5) is 25.2. The van der Waals surface area contributed by atoms with E-state index in [1.807, 2.05) is 62.4 Å². The van der Waals surface area contributed by atoms with E-state index in [1.54, 1.807) is 12.1 Å². The molecule has 0 aromatic heterocycles. The molecule has 2 aromatic rings. The largest absolute Gasteiger partial charge is 0.452 e. The van der Waals surface area contributed by atoms with Crippen LogP contribution in [0.4, 0.5) is 0 Å². The van der Waals surface area contributed by atoms with Crippen LogP contribution in [0.15, 0.2) is 60.7 Å². The maximum Gasteiger partial charge on any atom is 0.321 e. The van der Waals surface area contributed by atoms with E-state index in [1.165, 1.54) is 0 Å². The second kappa shape index (κ2) is 5.41. The molecule has 1 heterocycles. The predicted octanol–water partition coefficient (Wildman–Crippen LogP) is 3.39. The smallest absolute Gasteiger partial charge is 0.321 e. The Hall–Kier alpha value is -2.42. The fourth-order valence-electron chi connectivity index (χ4n) is 3.22. The Labute approximate surface area is 129 Å². The lowest BCUT2D eigenvalue weighted by atomic mass is 9.62. The Morgan fingerprint density at radius 2 is 1.55 bits per heavy atom. The Morgan fingerprint density at radius 3 is 2.05 bits per heavy atom. The van der Waals surface area contributed by atoms with Gasteiger partial charge in [0.1, 0.15) is 5.41 Å². The molecule has 0 saturated carbocycles. The summed E-state index contributed by atoms with van der Waals surface area (Å²) in [7, 11) is 0. The molecule has 0 aliphatic carbocycles. The molecule has 1 aliphatic heterocycles. The molecule has 1 fully saturated rings. The number of Topliss-reactive ketones (excluding diaryl/α,β-unsaturated/α-hetero) is 1. The third-order valence-corrected chi connectivity index (χ3v) is 4.43. The van der Waals surface area contributed by atoms with Crippen LogP contribution in [0.3, 0.4) is 0 Å². The minimum absolute atomic E-state index is 0.0335. The Balaban J connectivity index is 2.06. The minimum atomic E-state index is -0.895. The molecule has 0 radical (unpaired) electrons. The predicted molar refractivity (Wildman–Crippen MR) is 83.6 cm³/mol. The Morgan fingerprint density at radius 1 is 1.00 bits per heavy atom. The molecule has 0 spiro atoms. The van der Waals surface area contributed by atoms with E-state index in [0.29, 0.717) is 5.56 Å². The van der Waals surface area contributed by atoms with Crippen molar-refractivity contribution in [2.75, 3.05) is 0 Å². The van der Waals surface area contributed by atoms with Crippen molar-refractivity contribution in [3.8, 4) is 0 Å². The van der Waals surface area contributed by atoms with Gasteiger partial charge >= 0.3 is 5.97 Å². The van der Waals surface area contributed by atoms with Crippen molar-refractivity contribution < 1.29 is 14.3 Å². The first kappa shape index (κ1) is 14.5. The lowest BCUT2D eigenvalue weighted by Gasteiger charge is -2.48. The SMILES string of the molecule is CC(C)[C@]1(c2ccccc2)C(=O)O[C@@H]1C(=O)c1ccccc1. The molecule has 3 rings (SSSR count). The summed E-state index contributed by atoms with van der Waals surface area (Å²) in [6.07, 6.45) is -0.759. The Bertz CT molecular complexity index is 691. The van der Waals surface area contributed by atoms with Gasteiger partial charge in [0.05, 0.1) is 0 Å². The molecule has 22 heavy (non-hydrogen) atoms. The summed E-state index contributed by atoms with van der Waals surface area (Å²) in [6.45, 7) is 3.91. The maximum absolute atomic E-state index is 12.8. The molecule has 1 saturated heterocycles. The van der Waals surface area contributed by atoms with Crippen LogP contribution in [0.1, 0.15) is 29.8 Å². The van der Waals surface area contributed by atoms with Gasteiger partial charge in [-0.15, -0.1) is 0 Å². The number of esters is 1. The van der Waals surface area contributed by atoms with Crippen molar-refractivity contribution >= 4 is 11.8 Å². The molecule has 3 nitrogen and oxygen atoms in total. The van der Waals surface area contributed by atoms with E-state index < -0.39 is 11.5 Å². The van der Waals surface area contributed by atoms with Gasteiger partial charge < -0.3 is 4.74 Å². The molecule has 0 unspecified atom stereocenters. The van der Waals surface area contributed by atoms with E-state index in [4.69, 9.17) is 4.74 Å². The van der Waals surface area contributed by atoms with Crippen LogP contribution in [0.25, 0.3) is 0 Å². The van der Waals surface area contributed by atoms with Crippen molar-refractivity contribution in [2.45, 2.75) is 25.4 Å². The normalized spacial score (nSPS) is 23.8. The van der Waals surface area contributed by atoms with Gasteiger partial charge in [-0.25, -0.2) is 0 Å². The van der Waals surface area contributed by atoms with Gasteiger partial charge in [0, 0.05) is 5.56 Å². The van der Waals surface area contributed by atoms with Crippen LogP contribution < -0.4 is 0 Å². The number of carbonyl (C=O) groups is 2. The van der Waals surface area contributed by atoms with Crippen LogP contribution >= 0.6 is 0 Å². The van der Waals surface area contributed by atoms with Gasteiger partial charge in [0.25, 0.3) is 0 Å². The number of hydrogen-bond acceptors (Lipinski definition) is 3. The van der Waals surface area contributed by atoms with E-state index in [9.17, 15) is 9.59 Å². The molecular weight excluding hydrogens is 276 g/mol. The highest BCUT2D eigenvalue weighted by Crippen LogP contribution is 2.47. The molecule has 2 aromatic carbocycles. The third-order valence-electron chi connectivity index (χ3n) is 4.43. The van der Waals surface area contributed by atoms with Gasteiger partial charge in [-0.3, -0.25) is 9.59 Å². The first-order valence-corrected chi connectivity index (χ1v) is 7.44. The number of ether oxygens (including phenoxy) is 1. The maximum atomic E-state index is 12.8. The van der Waals surface area contributed by atoms with Crippen molar-refractivity contribution in [1.82, 2.24) is 0 Å². The summed E-state index contributed by atoms with van der Waals surface area (Å²) >= 11 is 0. The first-order valence-electron chi connectivity index (χ1n) is 7.44. The van der Waals surface area contributed by atoms with E-state index in [0.717, 1.165) is 5.56 Å². The van der Waals surface area contributed by atoms with Crippen molar-refractivity contribution in [3.05, 3.63) is 71.8 Å². The summed E-state index contributed by atoms with van der Waals surface area (Å²) in [5, 5.41) is 0. The molecule has 0 amide bonds. The summed E-state index contributed by atoms with van der Waals surface area (Å²) in [6, 6.07) is 18.4. The van der Waals surface area contributed by atoms with E-state index >= 15 is 0 Å². The first-order chi connectivity index (χ1) is 10.6. The number of hydrogen-bond donors (Lipinski definition) is 0. The number of ketones is 1. The number of cyclic esters (lactones) is 1. The molecule has 0 bridgehead atoms. The van der Waals surface area contributed by atoms with Crippen molar-refractivity contribution in [3.63, 3.8) is 0 Å². The van der Waals surface area contributed by atoms with Crippen molar-refractivity contribution in [1.29, 1.82) is 0 Å². The van der Waals surface area contributed by atoms with Gasteiger partial charge in [-0.05, 0) is 11.5 Å². The monoisotopic (exact) mass is 294 g/mol. The fourth-order valence-corrected chi connectivity index (χ4v) is 3.22. The summed E-state index contributed by atoms with van der Waals surface area (Å²) in [5.74, 6) is -0.491. The zero-order valence-corrected chi connectivity index (χ0v) is 12.7. The Kier molecular flexibility index (Phi) is 3.57. The van der Waals surface area contributed by atoms with Gasteiger partial charge in [0.15, 0.2) is 6.10 Å². The molecular formula is C19H18O3. The topological polar surface area (TPSA) is 43.4 Å². The highest BCUT2D eigenvalue weighted by molar-refractivity contribution is 6.09. The fraction of sp³-hybridized carbons (Fsp3) is 0.263. The lowest BCUT2D eigenvalue weighted by Crippen LogP contribution is -2.66. The molecule has 112 valence electrons. The zero-order valence-electron chi connectivity index (χ0n) is 12.7. The number of benzene rings is 2. The van der Waals surface area contributed by atoms with Crippen LogP contribution in [0.5, 0.6) is 0 Å². The molecule has 0 N–H and O–H groups in total. The quantitative estimate of drug-likeness (QED) is 0.641. The van der Waals surface area contributed by atoms with Gasteiger partial charge in [-0.1, -0.05) is 74.5 Å². The summed E-state index contributed by atoms with van der Waals surface area (Å²) in [5.41, 5.74) is 0.519. The standard InChI is InChI=1S/C19H18O3/c1-13(2)19(15-11-7-4-8-12-15)17(22-18(19)21)16(20)14-9-5-3-6-10-14/h3-13,17H,1-2H3/t17-,19-/m1/s1. The highest BCUT2D eigenvalue weighted by atomic mass is 16.6. The zero-order chi connectivity index (χ0) is 15.7. The molecule has 3 heteroatoms. The van der Waals surface area contributed by atoms with Crippen molar-refractivity contribution in [2.24, 2.45) is 5.92 Å². The van der Waals surface area contributed by atoms with E-state index in [2.05, 4.69) is 0 Å². The summed E-state index contributed by atoms with van der Waals surface area (Å²) < 4.78 is 5.30. The van der Waals surface area contributed by atoms with E-state index in [-0.39, 0.29) is 17.7 Å². The lowest BCUT2D eigenvalue weighted by molar-refractivity contribution is -0.189. The van der Waals surface area contributed by atoms with Gasteiger partial charge in [-0.2, -0.15) is 0 Å². The highest BCUT2D eigenvalue weighted by Gasteiger charge is 2.64. The average Bonchev–Trinajstić information content (AvgIpc) is 2.53. The third kappa shape index (κ3) is 1.97. The second-order valence-electron chi connectivity index (χ2n) is 5.91. The van der Waals surface area contributed by atoms with Gasteiger partial charge in [0.2, 0.25) is 5.78 Å². The van der Waals surface area contributed by atoms with Crippen LogP contribution in [0.2, 0.25) is 0 Å². The van der Waals surface area contributed by atoms with Crippen LogP contribution in [-0.4, -0.2) is 17.9 Å². The molecule has 2 atom stereocenters. The van der Waals surface area contributed by atoms with Crippen LogP contribution in [-0.2, 0) is 14.9 Å². The minimum Gasteiger partial charge on any atom is -0.452 e. The second-order valence-corrected chi connectivity index (χ2v) is 5.91. The van der Waals surface area contributed by atoms with Crippen LogP contribution in [0, 0.1) is 5.92 Å². The number of carbonyl (C=O) groups excluding carboxylic acids is 2.